The fourth-order valence-electron chi connectivity index (χ4n) is 2.34. The van der Waals surface area contributed by atoms with Crippen LogP contribution in [0.2, 0.25) is 0 Å². The van der Waals surface area contributed by atoms with Gasteiger partial charge < -0.3 is 10.4 Å². The number of hydrogen-bond donors (Lipinski definition) is 2. The van der Waals surface area contributed by atoms with E-state index in [2.05, 4.69) is 5.32 Å². The Bertz CT molecular complexity index is 348. The van der Waals surface area contributed by atoms with Crippen molar-refractivity contribution >= 4 is 17.7 Å². The maximum atomic E-state index is 11.6. The van der Waals surface area contributed by atoms with Gasteiger partial charge >= 0.3 is 5.97 Å². The third kappa shape index (κ3) is 3.05. The molecule has 5 heteroatoms. The lowest BCUT2D eigenvalue weighted by Gasteiger charge is -2.27. The van der Waals surface area contributed by atoms with Gasteiger partial charge in [-0.15, -0.1) is 0 Å². The van der Waals surface area contributed by atoms with Gasteiger partial charge in [0.25, 0.3) is 0 Å². The smallest absolute Gasteiger partial charge is 0.326 e. The Morgan fingerprint density at radius 3 is 2.53 bits per heavy atom. The number of carbonyl (C=O) groups is 3. The number of Topliss-reactive ketones (excluding diaryl/α,β-unsaturated/α-hetero) is 1. The Balaban J connectivity index is 1.97. The summed E-state index contributed by atoms with van der Waals surface area (Å²) in [5.41, 5.74) is 0. The number of carbonyl (C=O) groups excluding carboxylic acids is 2. The number of aliphatic carboxylic acids is 1. The van der Waals surface area contributed by atoms with E-state index in [1.807, 2.05) is 0 Å². The summed E-state index contributed by atoms with van der Waals surface area (Å²) in [6, 6.07) is -0.896. The van der Waals surface area contributed by atoms with E-state index in [-0.39, 0.29) is 29.9 Å². The zero-order valence-corrected chi connectivity index (χ0v) is 9.65. The summed E-state index contributed by atoms with van der Waals surface area (Å²) < 4.78 is 0. The van der Waals surface area contributed by atoms with Gasteiger partial charge in [-0.3, -0.25) is 9.59 Å². The topological polar surface area (TPSA) is 83.5 Å². The van der Waals surface area contributed by atoms with Gasteiger partial charge in [-0.2, -0.15) is 0 Å². The third-order valence-electron chi connectivity index (χ3n) is 3.50. The first-order valence-corrected chi connectivity index (χ1v) is 6.13. The van der Waals surface area contributed by atoms with Crippen LogP contribution in [-0.2, 0) is 14.4 Å². The van der Waals surface area contributed by atoms with Crippen molar-refractivity contribution in [2.45, 2.75) is 44.6 Å². The zero-order valence-electron chi connectivity index (χ0n) is 9.65. The van der Waals surface area contributed by atoms with Gasteiger partial charge in [-0.1, -0.05) is 0 Å². The lowest BCUT2D eigenvalue weighted by Crippen LogP contribution is -2.47. The Hall–Kier alpha value is -1.39. The number of carboxylic acids is 1. The van der Waals surface area contributed by atoms with Gasteiger partial charge in [0.15, 0.2) is 0 Å². The number of amides is 1. The monoisotopic (exact) mass is 239 g/mol. The predicted molar refractivity (Wildman–Crippen MR) is 59.3 cm³/mol. The molecular formula is C12H17NO4. The minimum Gasteiger partial charge on any atom is -0.480 e. The van der Waals surface area contributed by atoms with E-state index >= 15 is 0 Å². The molecule has 0 aromatic heterocycles. The third-order valence-corrected chi connectivity index (χ3v) is 3.50. The SMILES string of the molecule is O=C1CCC[C@@H]([C@@H](NC(=O)C2CC2)C(=O)O)C1. The Kier molecular flexibility index (Phi) is 3.45. The molecule has 17 heavy (non-hydrogen) atoms. The second-order valence-electron chi connectivity index (χ2n) is 4.99. The number of hydrogen-bond acceptors (Lipinski definition) is 3. The molecule has 0 aromatic rings. The summed E-state index contributed by atoms with van der Waals surface area (Å²) in [7, 11) is 0. The van der Waals surface area contributed by atoms with Crippen LogP contribution in [0.25, 0.3) is 0 Å². The van der Waals surface area contributed by atoms with Gasteiger partial charge in [-0.25, -0.2) is 4.79 Å². The molecular weight excluding hydrogens is 222 g/mol. The number of nitrogens with one attached hydrogen (secondary N) is 1. The van der Waals surface area contributed by atoms with Crippen LogP contribution in [0.5, 0.6) is 0 Å². The maximum absolute atomic E-state index is 11.6. The summed E-state index contributed by atoms with van der Waals surface area (Å²) in [4.78, 5) is 34.1. The molecule has 2 rings (SSSR count). The van der Waals surface area contributed by atoms with E-state index in [4.69, 9.17) is 5.11 Å². The quantitative estimate of drug-likeness (QED) is 0.757. The molecule has 2 aliphatic rings. The molecule has 2 N–H and O–H groups in total. The minimum absolute atomic E-state index is 0.00357. The van der Waals surface area contributed by atoms with Crippen molar-refractivity contribution in [3.05, 3.63) is 0 Å². The average molecular weight is 239 g/mol. The van der Waals surface area contributed by atoms with E-state index in [0.717, 1.165) is 19.3 Å². The average Bonchev–Trinajstić information content (AvgIpc) is 3.08. The Morgan fingerprint density at radius 1 is 1.29 bits per heavy atom. The first-order valence-electron chi connectivity index (χ1n) is 6.13. The number of rotatable bonds is 4. The first kappa shape index (κ1) is 12.1. The summed E-state index contributed by atoms with van der Waals surface area (Å²) in [6.45, 7) is 0. The van der Waals surface area contributed by atoms with Crippen molar-refractivity contribution in [2.75, 3.05) is 0 Å². The molecule has 2 fully saturated rings. The number of ketones is 1. The highest BCUT2D eigenvalue weighted by Crippen LogP contribution is 2.30. The fourth-order valence-corrected chi connectivity index (χ4v) is 2.34. The van der Waals surface area contributed by atoms with E-state index < -0.39 is 12.0 Å². The predicted octanol–water partition coefficient (Wildman–Crippen LogP) is 0.725. The Morgan fingerprint density at radius 2 is 2.00 bits per heavy atom. The van der Waals surface area contributed by atoms with Crippen LogP contribution in [-0.4, -0.2) is 28.8 Å². The zero-order chi connectivity index (χ0) is 12.4. The Labute approximate surface area is 99.6 Å². The van der Waals surface area contributed by atoms with Gasteiger partial charge in [0.2, 0.25) is 5.91 Å². The second-order valence-corrected chi connectivity index (χ2v) is 4.99. The van der Waals surface area contributed by atoms with Gasteiger partial charge in [-0.05, 0) is 31.6 Å². The lowest BCUT2D eigenvalue weighted by atomic mass is 9.83. The molecule has 0 aliphatic heterocycles. The maximum Gasteiger partial charge on any atom is 0.326 e. The van der Waals surface area contributed by atoms with E-state index in [0.29, 0.717) is 12.8 Å². The summed E-state index contributed by atoms with van der Waals surface area (Å²) >= 11 is 0. The molecule has 2 aliphatic carbocycles. The van der Waals surface area contributed by atoms with Gasteiger partial charge in [0.05, 0.1) is 0 Å². The summed E-state index contributed by atoms with van der Waals surface area (Å²) in [5, 5.41) is 11.7. The van der Waals surface area contributed by atoms with Crippen molar-refractivity contribution in [1.82, 2.24) is 5.32 Å². The van der Waals surface area contributed by atoms with E-state index in [1.54, 1.807) is 0 Å². The van der Waals surface area contributed by atoms with Crippen LogP contribution in [0, 0.1) is 11.8 Å². The van der Waals surface area contributed by atoms with E-state index in [9.17, 15) is 14.4 Å². The van der Waals surface area contributed by atoms with E-state index in [1.165, 1.54) is 0 Å². The summed E-state index contributed by atoms with van der Waals surface area (Å²) in [6.07, 6.45) is 3.95. The van der Waals surface area contributed by atoms with Crippen LogP contribution >= 0.6 is 0 Å². The summed E-state index contributed by atoms with van der Waals surface area (Å²) in [5.74, 6) is -1.34. The van der Waals surface area contributed by atoms with Crippen molar-refractivity contribution in [2.24, 2.45) is 11.8 Å². The lowest BCUT2D eigenvalue weighted by molar-refractivity contribution is -0.144. The largest absolute Gasteiger partial charge is 0.480 e. The molecule has 1 amide bonds. The molecule has 0 aromatic carbocycles. The highest BCUT2D eigenvalue weighted by molar-refractivity contribution is 5.87. The molecule has 94 valence electrons. The highest BCUT2D eigenvalue weighted by atomic mass is 16.4. The standard InChI is InChI=1S/C12H17NO4/c14-9-3-1-2-8(6-9)10(12(16)17)13-11(15)7-4-5-7/h7-8,10H,1-6H2,(H,13,15)(H,16,17)/t8-,10-/m1/s1. The molecule has 0 bridgehead atoms. The van der Waals surface area contributed by atoms with Crippen LogP contribution < -0.4 is 5.32 Å². The van der Waals surface area contributed by atoms with Gasteiger partial charge in [0.1, 0.15) is 11.8 Å². The molecule has 0 saturated heterocycles. The second kappa shape index (κ2) is 4.85. The van der Waals surface area contributed by atoms with Crippen LogP contribution in [0.4, 0.5) is 0 Å². The number of carboxylic acid groups (broad SMARTS) is 1. The van der Waals surface area contributed by atoms with Crippen LogP contribution in [0.15, 0.2) is 0 Å². The first-order chi connectivity index (χ1) is 8.08. The molecule has 5 nitrogen and oxygen atoms in total. The normalized spacial score (nSPS) is 26.4. The van der Waals surface area contributed by atoms with Crippen molar-refractivity contribution < 1.29 is 19.5 Å². The molecule has 2 saturated carbocycles. The molecule has 2 atom stereocenters. The molecule has 0 radical (unpaired) electrons. The van der Waals surface area contributed by atoms with Crippen molar-refractivity contribution in [3.8, 4) is 0 Å². The molecule has 0 spiro atoms. The highest BCUT2D eigenvalue weighted by Gasteiger charge is 2.37. The molecule has 0 heterocycles. The van der Waals surface area contributed by atoms with Crippen molar-refractivity contribution in [3.63, 3.8) is 0 Å². The fraction of sp³-hybridized carbons (Fsp3) is 0.750. The van der Waals surface area contributed by atoms with Crippen molar-refractivity contribution in [1.29, 1.82) is 0 Å². The van der Waals surface area contributed by atoms with Crippen LogP contribution in [0.3, 0.4) is 0 Å². The van der Waals surface area contributed by atoms with Crippen LogP contribution in [0.1, 0.15) is 38.5 Å². The minimum atomic E-state index is -1.03. The van der Waals surface area contributed by atoms with Gasteiger partial charge in [0, 0.05) is 18.8 Å². The molecule has 0 unspecified atom stereocenters.